The Morgan fingerprint density at radius 1 is 1.20 bits per heavy atom. The number of para-hydroxylation sites is 2. The average molecular weight is 682 g/mol. The van der Waals surface area contributed by atoms with E-state index in [9.17, 15) is 14.4 Å². The van der Waals surface area contributed by atoms with E-state index in [0.717, 1.165) is 0 Å². The molecule has 2 aromatic carbocycles. The molecule has 3 N–H and O–H groups in total. The van der Waals surface area contributed by atoms with Gasteiger partial charge in [-0.1, -0.05) is 25.1 Å². The minimum atomic E-state index is -0.620. The number of benzene rings is 2. The molecule has 2 aliphatic rings. The highest BCUT2D eigenvalue weighted by Crippen LogP contribution is 2.47. The van der Waals surface area contributed by atoms with Crippen molar-refractivity contribution in [3.63, 3.8) is 0 Å². The van der Waals surface area contributed by atoms with Crippen molar-refractivity contribution in [2.45, 2.75) is 59.5 Å². The molecule has 11 nitrogen and oxygen atoms in total. The number of halogens is 1. The molecule has 2 aliphatic heterocycles. The van der Waals surface area contributed by atoms with E-state index in [1.54, 1.807) is 36.2 Å². The summed E-state index contributed by atoms with van der Waals surface area (Å²) in [5, 5.41) is 5.85. The second-order valence-electron chi connectivity index (χ2n) is 12.2. The summed E-state index contributed by atoms with van der Waals surface area (Å²) < 4.78 is 25.7. The maximum absolute atomic E-state index is 15.8. The van der Waals surface area contributed by atoms with Gasteiger partial charge >= 0.3 is 0 Å². The van der Waals surface area contributed by atoms with Crippen molar-refractivity contribution in [1.82, 2.24) is 29.7 Å². The Hall–Kier alpha value is -5.65. The first-order valence-corrected chi connectivity index (χ1v) is 16.8. The summed E-state index contributed by atoms with van der Waals surface area (Å²) in [6.45, 7) is 13.2. The molecule has 1 saturated heterocycles. The van der Waals surface area contributed by atoms with Gasteiger partial charge in [-0.2, -0.15) is 0 Å². The van der Waals surface area contributed by atoms with Crippen LogP contribution in [0.1, 0.15) is 54.6 Å². The number of hydrogen-bond donors (Lipinski definition) is 3. The number of amides is 2. The van der Waals surface area contributed by atoms with Crippen LogP contribution < -0.4 is 25.7 Å². The molecule has 262 valence electrons. The molecular formula is C38H44FN7O4. The molecule has 0 saturated carbocycles. The normalized spacial score (nSPS) is 14.0. The van der Waals surface area contributed by atoms with Crippen LogP contribution in [0.15, 0.2) is 85.1 Å². The Morgan fingerprint density at radius 3 is 2.60 bits per heavy atom. The van der Waals surface area contributed by atoms with Crippen LogP contribution in [0.25, 0.3) is 16.6 Å². The summed E-state index contributed by atoms with van der Waals surface area (Å²) in [5.41, 5.74) is 3.30. The number of aromatic nitrogens is 4. The molecule has 1 fully saturated rings. The van der Waals surface area contributed by atoms with Crippen molar-refractivity contribution in [3.05, 3.63) is 113 Å². The number of rotatable bonds is 8. The zero-order valence-electron chi connectivity index (χ0n) is 29.0. The second-order valence-corrected chi connectivity index (χ2v) is 12.2. The summed E-state index contributed by atoms with van der Waals surface area (Å²) in [6, 6.07) is 8.30. The number of aryl methyl sites for hydroxylation is 3. The van der Waals surface area contributed by atoms with Gasteiger partial charge in [-0.15, -0.1) is 6.58 Å². The van der Waals surface area contributed by atoms with Crippen LogP contribution in [-0.4, -0.2) is 56.6 Å². The number of carbonyl (C=O) groups excluding carboxylic acids is 2. The maximum Gasteiger partial charge on any atom is 0.256 e. The number of H-pyrrole nitrogens is 1. The summed E-state index contributed by atoms with van der Waals surface area (Å²) in [6.07, 6.45) is 14.2. The van der Waals surface area contributed by atoms with Crippen LogP contribution in [0.4, 0.5) is 10.1 Å². The third kappa shape index (κ3) is 7.80. The Morgan fingerprint density at radius 2 is 1.94 bits per heavy atom. The zero-order valence-corrected chi connectivity index (χ0v) is 29.0. The SMILES string of the molecule is C=CC.CCC(=O)NC1CCN(c2c(F)cc3c(=O)c(C(=O)NCCCn4ccnc4)cn4c3c2Oc2ccccc2-4)C1.Cc1c[nH]cc1C. The minimum absolute atomic E-state index is 0.0567. The fourth-order valence-electron chi connectivity index (χ4n) is 5.92. The summed E-state index contributed by atoms with van der Waals surface area (Å²) in [7, 11) is 0. The van der Waals surface area contributed by atoms with Crippen LogP contribution >= 0.6 is 0 Å². The van der Waals surface area contributed by atoms with E-state index in [1.165, 1.54) is 23.4 Å². The van der Waals surface area contributed by atoms with Gasteiger partial charge in [0.05, 0.1) is 17.4 Å². The van der Waals surface area contributed by atoms with Crippen molar-refractivity contribution in [1.29, 1.82) is 0 Å². The molecular weight excluding hydrogens is 637 g/mol. The molecule has 0 bridgehead atoms. The number of allylic oxidation sites excluding steroid dienone is 1. The van der Waals surface area contributed by atoms with Gasteiger partial charge in [0, 0.05) is 69.6 Å². The molecule has 5 heterocycles. The van der Waals surface area contributed by atoms with Crippen LogP contribution in [0, 0.1) is 19.7 Å². The molecule has 3 aromatic heterocycles. The Labute approximate surface area is 290 Å². The van der Waals surface area contributed by atoms with Crippen molar-refractivity contribution in [2.75, 3.05) is 24.5 Å². The lowest BCUT2D eigenvalue weighted by Gasteiger charge is -2.29. The molecule has 12 heteroatoms. The molecule has 7 rings (SSSR count). The standard InChI is InChI=1S/C29H29FN6O4.C6H9N.C3H6/c1-2-24(37)33-18-8-12-35(15-18)26-21(30)14-19-25-28(26)40-23-7-4-3-6-22(23)36(25)16-20(27(19)38)29(39)32-9-5-11-34-13-10-31-17-34;1-5-3-7-4-6(5)2;1-3-2/h3-4,6-7,10,13-14,16-18H,2,5,8-9,11-12,15H2,1H3,(H,32,39)(H,33,37);3-4,7H,1-2H3;3H,1H2,2H3. The number of carbonyl (C=O) groups is 2. The number of fused-ring (bicyclic) bond motifs is 2. The molecule has 2 amide bonds. The molecule has 5 aromatic rings. The molecule has 0 radical (unpaired) electrons. The molecule has 1 atom stereocenters. The lowest BCUT2D eigenvalue weighted by atomic mass is 10.1. The van der Waals surface area contributed by atoms with Crippen LogP contribution in [-0.2, 0) is 11.3 Å². The first kappa shape index (κ1) is 35.7. The Balaban J connectivity index is 0.000000423. The average Bonchev–Trinajstić information content (AvgIpc) is 3.88. The zero-order chi connectivity index (χ0) is 35.8. The smallest absolute Gasteiger partial charge is 0.256 e. The quantitative estimate of drug-likeness (QED) is 0.130. The number of imidazole rings is 1. The highest BCUT2D eigenvalue weighted by atomic mass is 19.1. The van der Waals surface area contributed by atoms with E-state index in [4.69, 9.17) is 4.74 Å². The van der Waals surface area contributed by atoms with Gasteiger partial charge < -0.3 is 34.4 Å². The van der Waals surface area contributed by atoms with Crippen LogP contribution in [0.2, 0.25) is 0 Å². The lowest BCUT2D eigenvalue weighted by Crippen LogP contribution is -2.37. The number of nitrogens with one attached hydrogen (secondary N) is 3. The third-order valence-corrected chi connectivity index (χ3v) is 8.60. The van der Waals surface area contributed by atoms with E-state index >= 15 is 4.39 Å². The van der Waals surface area contributed by atoms with Gasteiger partial charge in [-0.3, -0.25) is 14.4 Å². The van der Waals surface area contributed by atoms with Gasteiger partial charge in [-0.05, 0) is 62.9 Å². The second kappa shape index (κ2) is 16.2. The molecule has 0 spiro atoms. The third-order valence-electron chi connectivity index (χ3n) is 8.60. The predicted octanol–water partition coefficient (Wildman–Crippen LogP) is 6.18. The highest BCUT2D eigenvalue weighted by molar-refractivity contribution is 6.01. The minimum Gasteiger partial charge on any atom is -0.451 e. The van der Waals surface area contributed by atoms with Crippen molar-refractivity contribution < 1.29 is 18.7 Å². The van der Waals surface area contributed by atoms with E-state index in [1.807, 2.05) is 53.2 Å². The number of hydrogen-bond acceptors (Lipinski definition) is 6. The van der Waals surface area contributed by atoms with Crippen molar-refractivity contribution >= 4 is 28.4 Å². The van der Waals surface area contributed by atoms with Crippen LogP contribution in [0.5, 0.6) is 11.5 Å². The monoisotopic (exact) mass is 681 g/mol. The number of pyridine rings is 1. The van der Waals surface area contributed by atoms with E-state index in [0.29, 0.717) is 62.4 Å². The summed E-state index contributed by atoms with van der Waals surface area (Å²) in [4.78, 5) is 47.5. The largest absolute Gasteiger partial charge is 0.451 e. The van der Waals surface area contributed by atoms with Gasteiger partial charge in [0.15, 0.2) is 17.3 Å². The van der Waals surface area contributed by atoms with Gasteiger partial charge in [0.1, 0.15) is 16.8 Å². The highest BCUT2D eigenvalue weighted by Gasteiger charge is 2.33. The van der Waals surface area contributed by atoms with Gasteiger partial charge in [0.2, 0.25) is 11.3 Å². The first-order chi connectivity index (χ1) is 24.2. The summed E-state index contributed by atoms with van der Waals surface area (Å²) in [5.74, 6) is -0.496. The van der Waals surface area contributed by atoms with Crippen LogP contribution in [0.3, 0.4) is 0 Å². The van der Waals surface area contributed by atoms with E-state index < -0.39 is 17.2 Å². The van der Waals surface area contributed by atoms with E-state index in [-0.39, 0.29) is 34.3 Å². The van der Waals surface area contributed by atoms with Crippen molar-refractivity contribution in [2.24, 2.45) is 0 Å². The van der Waals surface area contributed by atoms with Gasteiger partial charge in [-0.25, -0.2) is 9.37 Å². The fraction of sp³-hybridized carbons (Fsp3) is 0.316. The number of ether oxygens (including phenoxy) is 1. The number of aromatic amines is 1. The topological polar surface area (TPSA) is 126 Å². The molecule has 1 unspecified atom stereocenters. The van der Waals surface area contributed by atoms with E-state index in [2.05, 4.69) is 41.0 Å². The molecule has 0 aliphatic carbocycles. The molecule has 50 heavy (non-hydrogen) atoms. The first-order valence-electron chi connectivity index (χ1n) is 16.8. The number of nitrogens with zero attached hydrogens (tertiary/aromatic N) is 4. The van der Waals surface area contributed by atoms with Gasteiger partial charge in [0.25, 0.3) is 5.91 Å². The number of anilines is 1. The fourth-order valence-corrected chi connectivity index (χ4v) is 5.92. The maximum atomic E-state index is 15.8. The summed E-state index contributed by atoms with van der Waals surface area (Å²) >= 11 is 0. The predicted molar refractivity (Wildman–Crippen MR) is 194 cm³/mol. The Bertz CT molecular complexity index is 2020. The lowest BCUT2D eigenvalue weighted by molar-refractivity contribution is -0.121. The Kier molecular flexibility index (Phi) is 11.5. The van der Waals surface area contributed by atoms with Crippen molar-refractivity contribution in [3.8, 4) is 17.2 Å².